The van der Waals surface area contributed by atoms with E-state index < -0.39 is 0 Å². The quantitative estimate of drug-likeness (QED) is 0.442. The van der Waals surface area contributed by atoms with Gasteiger partial charge in [-0.25, -0.2) is 0 Å². The first-order chi connectivity index (χ1) is 8.58. The molecular weight excluding hydrogens is 353 g/mol. The minimum atomic E-state index is 0. The number of hydrogen-bond donors (Lipinski definition) is 1. The molecule has 0 aromatic heterocycles. The largest absolute Gasteiger partial charge is 0.370 e. The minimum Gasteiger partial charge on any atom is -0.370 e. The number of piperazine rings is 1. The number of rotatable bonds is 4. The van der Waals surface area contributed by atoms with Crippen LogP contribution in [0.3, 0.4) is 0 Å². The molecule has 2 rings (SSSR count). The van der Waals surface area contributed by atoms with Crippen molar-refractivity contribution in [2.45, 2.75) is 31.8 Å². The highest BCUT2D eigenvalue weighted by molar-refractivity contribution is 14.0. The number of hydrogen-bond acceptors (Lipinski definition) is 3. The van der Waals surface area contributed by atoms with Gasteiger partial charge in [-0.05, 0) is 26.8 Å². The molecular formula is C13H28IN5. The normalized spacial score (nSPS) is 23.8. The molecule has 0 aromatic rings. The van der Waals surface area contributed by atoms with E-state index in [9.17, 15) is 0 Å². The maximum atomic E-state index is 6.01. The Balaban J connectivity index is 0.00000180. The third-order valence-electron chi connectivity index (χ3n) is 4.13. The Labute approximate surface area is 134 Å². The van der Waals surface area contributed by atoms with Crippen molar-refractivity contribution in [3.63, 3.8) is 0 Å². The fraction of sp³-hybridized carbons (Fsp3) is 0.923. The van der Waals surface area contributed by atoms with Crippen LogP contribution in [-0.4, -0.2) is 79.6 Å². The van der Waals surface area contributed by atoms with Gasteiger partial charge in [-0.3, -0.25) is 9.89 Å². The summed E-state index contributed by atoms with van der Waals surface area (Å²) in [5.74, 6) is 0.707. The maximum Gasteiger partial charge on any atom is 0.191 e. The molecule has 0 bridgehead atoms. The molecule has 0 amide bonds. The molecule has 1 saturated carbocycles. The molecule has 6 heteroatoms. The molecule has 2 aliphatic rings. The molecule has 2 fully saturated rings. The molecule has 112 valence electrons. The van der Waals surface area contributed by atoms with Gasteiger partial charge >= 0.3 is 0 Å². The summed E-state index contributed by atoms with van der Waals surface area (Å²) in [4.78, 5) is 11.6. The Morgan fingerprint density at radius 2 is 1.89 bits per heavy atom. The lowest BCUT2D eigenvalue weighted by molar-refractivity contribution is 0.122. The highest BCUT2D eigenvalue weighted by Crippen LogP contribution is 2.24. The summed E-state index contributed by atoms with van der Waals surface area (Å²) in [6.07, 6.45) is 2.53. The van der Waals surface area contributed by atoms with Crippen LogP contribution >= 0.6 is 24.0 Å². The number of aliphatic imine (C=N–C) groups is 1. The van der Waals surface area contributed by atoms with E-state index in [4.69, 9.17) is 5.73 Å². The second-order valence-corrected chi connectivity index (χ2v) is 5.73. The Morgan fingerprint density at radius 3 is 2.42 bits per heavy atom. The van der Waals surface area contributed by atoms with E-state index in [1.807, 2.05) is 0 Å². The summed E-state index contributed by atoms with van der Waals surface area (Å²) in [6.45, 7) is 7.67. The average molecular weight is 381 g/mol. The van der Waals surface area contributed by atoms with Crippen LogP contribution in [0, 0.1) is 0 Å². The summed E-state index contributed by atoms with van der Waals surface area (Å²) in [6, 6.07) is 1.14. The lowest BCUT2D eigenvalue weighted by Crippen LogP contribution is -2.49. The van der Waals surface area contributed by atoms with Crippen LogP contribution in [0.2, 0.25) is 0 Å². The predicted octanol–water partition coefficient (Wildman–Crippen LogP) is 0.649. The van der Waals surface area contributed by atoms with E-state index in [-0.39, 0.29) is 24.0 Å². The van der Waals surface area contributed by atoms with Crippen LogP contribution in [0.5, 0.6) is 0 Å². The average Bonchev–Trinajstić information content (AvgIpc) is 3.19. The van der Waals surface area contributed by atoms with E-state index in [0.717, 1.165) is 32.7 Å². The Morgan fingerprint density at radius 1 is 1.32 bits per heavy atom. The van der Waals surface area contributed by atoms with Crippen LogP contribution in [0.1, 0.15) is 19.8 Å². The molecule has 1 atom stereocenters. The van der Waals surface area contributed by atoms with Crippen molar-refractivity contribution in [2.75, 3.05) is 46.8 Å². The summed E-state index contributed by atoms with van der Waals surface area (Å²) < 4.78 is 0. The standard InChI is InChI=1S/C13H27N5.HI/c1-11(18-8-6-16(2)7-9-18)10-15-13(14)17(3)12-4-5-12;/h11-12H,4-10H2,1-3H3,(H2,14,15);1H. The zero-order chi connectivity index (χ0) is 13.1. The second kappa shape index (κ2) is 7.64. The SMILES string of the molecule is CC(CN=C(N)N(C)C1CC1)N1CCN(C)CC1.I. The Bertz CT molecular complexity index is 297. The third kappa shape index (κ3) is 5.07. The number of guanidine groups is 1. The van der Waals surface area contributed by atoms with Crippen molar-refractivity contribution in [1.29, 1.82) is 0 Å². The molecule has 19 heavy (non-hydrogen) atoms. The zero-order valence-corrected chi connectivity index (χ0v) is 14.7. The van der Waals surface area contributed by atoms with Gasteiger partial charge in [-0.2, -0.15) is 0 Å². The first-order valence-electron chi connectivity index (χ1n) is 7.03. The fourth-order valence-corrected chi connectivity index (χ4v) is 2.36. The lowest BCUT2D eigenvalue weighted by Gasteiger charge is -2.36. The molecule has 5 nitrogen and oxygen atoms in total. The molecule has 0 radical (unpaired) electrons. The zero-order valence-electron chi connectivity index (χ0n) is 12.4. The van der Waals surface area contributed by atoms with Gasteiger partial charge in [0, 0.05) is 45.3 Å². The van der Waals surface area contributed by atoms with Crippen molar-refractivity contribution in [2.24, 2.45) is 10.7 Å². The molecule has 0 spiro atoms. The van der Waals surface area contributed by atoms with Gasteiger partial charge < -0.3 is 15.5 Å². The highest BCUT2D eigenvalue weighted by atomic mass is 127. The van der Waals surface area contributed by atoms with Crippen molar-refractivity contribution in [3.05, 3.63) is 0 Å². The van der Waals surface area contributed by atoms with Crippen LogP contribution < -0.4 is 5.73 Å². The monoisotopic (exact) mass is 381 g/mol. The maximum absolute atomic E-state index is 6.01. The van der Waals surface area contributed by atoms with Gasteiger partial charge in [0.05, 0.1) is 6.54 Å². The van der Waals surface area contributed by atoms with Crippen molar-refractivity contribution < 1.29 is 0 Å². The number of nitrogens with two attached hydrogens (primary N) is 1. The predicted molar refractivity (Wildman–Crippen MR) is 91.2 cm³/mol. The van der Waals surface area contributed by atoms with E-state index >= 15 is 0 Å². The topological polar surface area (TPSA) is 48.1 Å². The summed E-state index contributed by atoms with van der Waals surface area (Å²) in [5.41, 5.74) is 6.01. The summed E-state index contributed by atoms with van der Waals surface area (Å²) >= 11 is 0. The minimum absolute atomic E-state index is 0. The van der Waals surface area contributed by atoms with Crippen LogP contribution in [0.4, 0.5) is 0 Å². The number of nitrogens with zero attached hydrogens (tertiary/aromatic N) is 4. The van der Waals surface area contributed by atoms with Crippen molar-refractivity contribution in [1.82, 2.24) is 14.7 Å². The molecule has 1 unspecified atom stereocenters. The highest BCUT2D eigenvalue weighted by Gasteiger charge is 2.27. The molecule has 1 aliphatic carbocycles. The first-order valence-corrected chi connectivity index (χ1v) is 7.03. The number of likely N-dealkylation sites (N-methyl/N-ethyl adjacent to an activating group) is 1. The molecule has 1 saturated heterocycles. The smallest absolute Gasteiger partial charge is 0.191 e. The number of halogens is 1. The van der Waals surface area contributed by atoms with Gasteiger partial charge in [0.2, 0.25) is 0 Å². The summed E-state index contributed by atoms with van der Waals surface area (Å²) in [7, 11) is 4.24. The molecule has 1 heterocycles. The van der Waals surface area contributed by atoms with Gasteiger partial charge in [0.15, 0.2) is 5.96 Å². The van der Waals surface area contributed by atoms with Gasteiger partial charge in [-0.15, -0.1) is 24.0 Å². The van der Waals surface area contributed by atoms with E-state index in [1.54, 1.807) is 0 Å². The lowest BCUT2D eigenvalue weighted by atomic mass is 10.2. The fourth-order valence-electron chi connectivity index (χ4n) is 2.36. The summed E-state index contributed by atoms with van der Waals surface area (Å²) in [5, 5.41) is 0. The van der Waals surface area contributed by atoms with Crippen LogP contribution in [-0.2, 0) is 0 Å². The van der Waals surface area contributed by atoms with Gasteiger partial charge in [0.1, 0.15) is 0 Å². The van der Waals surface area contributed by atoms with Crippen LogP contribution in [0.25, 0.3) is 0 Å². The van der Waals surface area contributed by atoms with Gasteiger partial charge in [-0.1, -0.05) is 0 Å². The van der Waals surface area contributed by atoms with Gasteiger partial charge in [0.25, 0.3) is 0 Å². The first kappa shape index (κ1) is 17.0. The Kier molecular flexibility index (Phi) is 6.82. The third-order valence-corrected chi connectivity index (χ3v) is 4.13. The Hall–Kier alpha value is -0.0800. The van der Waals surface area contributed by atoms with Crippen molar-refractivity contribution >= 4 is 29.9 Å². The molecule has 2 N–H and O–H groups in total. The van der Waals surface area contributed by atoms with Crippen molar-refractivity contribution in [3.8, 4) is 0 Å². The molecule has 0 aromatic carbocycles. The second-order valence-electron chi connectivity index (χ2n) is 5.73. The van der Waals surface area contributed by atoms with E-state index in [1.165, 1.54) is 12.8 Å². The van der Waals surface area contributed by atoms with E-state index in [0.29, 0.717) is 18.0 Å². The van der Waals surface area contributed by atoms with E-state index in [2.05, 4.69) is 40.7 Å². The van der Waals surface area contributed by atoms with Crippen LogP contribution in [0.15, 0.2) is 4.99 Å². The molecule has 1 aliphatic heterocycles.